The van der Waals surface area contributed by atoms with Gasteiger partial charge in [0.1, 0.15) is 5.76 Å². The Balaban J connectivity index is 2.58. The quantitative estimate of drug-likeness (QED) is 0.681. The van der Waals surface area contributed by atoms with Crippen molar-refractivity contribution in [3.05, 3.63) is 17.9 Å². The molecule has 0 aliphatic heterocycles. The molecule has 5 nitrogen and oxygen atoms in total. The summed E-state index contributed by atoms with van der Waals surface area (Å²) in [6, 6.07) is 3.06. The van der Waals surface area contributed by atoms with Gasteiger partial charge in [-0.25, -0.2) is 13.1 Å². The van der Waals surface area contributed by atoms with E-state index in [0.29, 0.717) is 12.3 Å². The maximum Gasteiger partial charge on any atom is 0.274 e. The number of hydrogen-bond donors (Lipinski definition) is 2. The molecule has 1 aromatic rings. The predicted molar refractivity (Wildman–Crippen MR) is 78.9 cm³/mol. The smallest absolute Gasteiger partial charge is 0.274 e. The number of rotatable bonds is 9. The van der Waals surface area contributed by atoms with Crippen molar-refractivity contribution in [1.82, 2.24) is 10.0 Å². The van der Waals surface area contributed by atoms with Gasteiger partial charge in [-0.15, -0.1) is 0 Å². The lowest BCUT2D eigenvalue weighted by atomic mass is 10.3. The van der Waals surface area contributed by atoms with E-state index in [2.05, 4.69) is 17.0 Å². The SMILES string of the molecule is CCSCCC(C)NS(=O)(=O)c1ccc(CNC)o1. The topological polar surface area (TPSA) is 71.3 Å². The molecule has 0 saturated carbocycles. The molecule has 1 aromatic heterocycles. The zero-order valence-corrected chi connectivity index (χ0v) is 13.2. The second-order valence-electron chi connectivity index (χ2n) is 4.26. The van der Waals surface area contributed by atoms with E-state index in [4.69, 9.17) is 4.42 Å². The van der Waals surface area contributed by atoms with Crippen molar-refractivity contribution in [3.8, 4) is 0 Å². The second-order valence-corrected chi connectivity index (χ2v) is 7.30. The minimum Gasteiger partial charge on any atom is -0.447 e. The van der Waals surface area contributed by atoms with Gasteiger partial charge in [0.05, 0.1) is 6.54 Å². The van der Waals surface area contributed by atoms with Crippen LogP contribution in [0.4, 0.5) is 0 Å². The monoisotopic (exact) mass is 306 g/mol. The Morgan fingerprint density at radius 3 is 2.79 bits per heavy atom. The number of hydrogen-bond acceptors (Lipinski definition) is 5. The maximum absolute atomic E-state index is 12.1. The van der Waals surface area contributed by atoms with Gasteiger partial charge >= 0.3 is 0 Å². The van der Waals surface area contributed by atoms with Gasteiger partial charge in [-0.3, -0.25) is 0 Å². The Kier molecular flexibility index (Phi) is 6.92. The maximum atomic E-state index is 12.1. The van der Waals surface area contributed by atoms with Gasteiger partial charge in [0, 0.05) is 6.04 Å². The lowest BCUT2D eigenvalue weighted by Gasteiger charge is -2.12. The van der Waals surface area contributed by atoms with Crippen LogP contribution in [0.2, 0.25) is 0 Å². The Morgan fingerprint density at radius 2 is 2.16 bits per heavy atom. The molecule has 0 aliphatic carbocycles. The van der Waals surface area contributed by atoms with Crippen LogP contribution in [0, 0.1) is 0 Å². The van der Waals surface area contributed by atoms with E-state index in [1.54, 1.807) is 24.9 Å². The number of thioether (sulfide) groups is 1. The van der Waals surface area contributed by atoms with Crippen LogP contribution in [0.15, 0.2) is 21.6 Å². The first-order valence-corrected chi connectivity index (χ1v) is 8.96. The molecule has 1 heterocycles. The molecule has 0 aliphatic rings. The molecule has 1 atom stereocenters. The molecule has 0 saturated heterocycles. The molecule has 19 heavy (non-hydrogen) atoms. The fourth-order valence-electron chi connectivity index (χ4n) is 1.56. The molecular weight excluding hydrogens is 284 g/mol. The summed E-state index contributed by atoms with van der Waals surface area (Å²) in [7, 11) is -1.77. The van der Waals surface area contributed by atoms with E-state index in [-0.39, 0.29) is 11.1 Å². The third-order valence-electron chi connectivity index (χ3n) is 2.51. The first kappa shape index (κ1) is 16.6. The molecule has 0 aromatic carbocycles. The van der Waals surface area contributed by atoms with Crippen LogP contribution in [-0.4, -0.2) is 33.0 Å². The van der Waals surface area contributed by atoms with E-state index in [1.165, 1.54) is 6.07 Å². The molecule has 0 spiro atoms. The highest BCUT2D eigenvalue weighted by Crippen LogP contribution is 2.15. The number of nitrogens with one attached hydrogen (secondary N) is 2. The van der Waals surface area contributed by atoms with Crippen molar-refractivity contribution >= 4 is 21.8 Å². The summed E-state index contributed by atoms with van der Waals surface area (Å²) >= 11 is 1.80. The van der Waals surface area contributed by atoms with Gasteiger partial charge in [-0.05, 0) is 44.0 Å². The molecule has 0 bridgehead atoms. The first-order valence-electron chi connectivity index (χ1n) is 6.33. The van der Waals surface area contributed by atoms with Crippen LogP contribution >= 0.6 is 11.8 Å². The van der Waals surface area contributed by atoms with Crippen molar-refractivity contribution in [2.75, 3.05) is 18.6 Å². The average molecular weight is 306 g/mol. The zero-order valence-electron chi connectivity index (χ0n) is 11.6. The largest absolute Gasteiger partial charge is 0.447 e. The summed E-state index contributed by atoms with van der Waals surface area (Å²) in [6.45, 7) is 4.47. The Morgan fingerprint density at radius 1 is 1.42 bits per heavy atom. The highest BCUT2D eigenvalue weighted by Gasteiger charge is 2.20. The summed E-state index contributed by atoms with van der Waals surface area (Å²) in [5.74, 6) is 2.60. The van der Waals surface area contributed by atoms with Gasteiger partial charge in [0.2, 0.25) is 5.09 Å². The molecule has 2 N–H and O–H groups in total. The first-order chi connectivity index (χ1) is 8.99. The van der Waals surface area contributed by atoms with E-state index in [0.717, 1.165) is 17.9 Å². The highest BCUT2D eigenvalue weighted by atomic mass is 32.2. The Hall–Kier alpha value is -0.500. The van der Waals surface area contributed by atoms with Crippen LogP contribution in [0.3, 0.4) is 0 Å². The number of sulfonamides is 1. The highest BCUT2D eigenvalue weighted by molar-refractivity contribution is 7.99. The van der Waals surface area contributed by atoms with Gasteiger partial charge in [0.15, 0.2) is 0 Å². The zero-order chi connectivity index (χ0) is 14.3. The average Bonchev–Trinajstić information content (AvgIpc) is 2.78. The molecule has 0 fully saturated rings. The van der Waals surface area contributed by atoms with Crippen LogP contribution in [0.5, 0.6) is 0 Å². The van der Waals surface area contributed by atoms with Crippen molar-refractivity contribution in [2.24, 2.45) is 0 Å². The fraction of sp³-hybridized carbons (Fsp3) is 0.667. The standard InChI is InChI=1S/C12H22N2O3S2/c1-4-18-8-7-10(2)14-19(15,16)12-6-5-11(17-12)9-13-3/h5-6,10,13-14H,4,7-9H2,1-3H3. The van der Waals surface area contributed by atoms with Gasteiger partial charge < -0.3 is 9.73 Å². The lowest BCUT2D eigenvalue weighted by Crippen LogP contribution is -2.32. The van der Waals surface area contributed by atoms with E-state index in [9.17, 15) is 8.42 Å². The third-order valence-corrected chi connectivity index (χ3v) is 4.90. The van der Waals surface area contributed by atoms with Crippen molar-refractivity contribution < 1.29 is 12.8 Å². The predicted octanol–water partition coefficient (Wildman–Crippen LogP) is 1.81. The lowest BCUT2D eigenvalue weighted by molar-refractivity contribution is 0.402. The van der Waals surface area contributed by atoms with Gasteiger partial charge in [-0.1, -0.05) is 6.92 Å². The van der Waals surface area contributed by atoms with Gasteiger partial charge in [-0.2, -0.15) is 11.8 Å². The van der Waals surface area contributed by atoms with E-state index < -0.39 is 10.0 Å². The molecular formula is C12H22N2O3S2. The molecule has 0 amide bonds. The summed E-state index contributed by atoms with van der Waals surface area (Å²) in [6.07, 6.45) is 0.807. The van der Waals surface area contributed by atoms with E-state index in [1.807, 2.05) is 6.92 Å². The number of furan rings is 1. The molecule has 1 rings (SSSR count). The molecule has 1 unspecified atom stereocenters. The Bertz CT molecular complexity index is 471. The van der Waals surface area contributed by atoms with Crippen LogP contribution in [0.25, 0.3) is 0 Å². The molecule has 0 radical (unpaired) electrons. The summed E-state index contributed by atoms with van der Waals surface area (Å²) in [5, 5.41) is 2.89. The fourth-order valence-corrected chi connectivity index (χ4v) is 3.59. The Labute approximate surface area is 119 Å². The van der Waals surface area contributed by atoms with Crippen molar-refractivity contribution in [1.29, 1.82) is 0 Å². The normalized spacial score (nSPS) is 13.6. The van der Waals surface area contributed by atoms with Crippen LogP contribution in [-0.2, 0) is 16.6 Å². The van der Waals surface area contributed by atoms with Crippen LogP contribution in [0.1, 0.15) is 26.0 Å². The third kappa shape index (κ3) is 5.56. The van der Waals surface area contributed by atoms with Crippen molar-refractivity contribution in [3.63, 3.8) is 0 Å². The summed E-state index contributed by atoms with van der Waals surface area (Å²) in [4.78, 5) is 0. The molecule has 110 valence electrons. The minimum absolute atomic E-state index is 0.0206. The van der Waals surface area contributed by atoms with Gasteiger partial charge in [0.25, 0.3) is 10.0 Å². The summed E-state index contributed by atoms with van der Waals surface area (Å²) < 4.78 is 32.1. The molecule has 7 heteroatoms. The summed E-state index contributed by atoms with van der Waals surface area (Å²) in [5.41, 5.74) is 0. The second kappa shape index (κ2) is 7.94. The minimum atomic E-state index is -3.55. The van der Waals surface area contributed by atoms with Crippen molar-refractivity contribution in [2.45, 2.75) is 37.9 Å². The van der Waals surface area contributed by atoms with E-state index >= 15 is 0 Å². The van der Waals surface area contributed by atoms with Crippen LogP contribution < -0.4 is 10.0 Å².